The molecule has 7 heteroatoms. The Morgan fingerprint density at radius 3 is 3.00 bits per heavy atom. The van der Waals surface area contributed by atoms with E-state index in [-0.39, 0.29) is 12.4 Å². The zero-order valence-electron chi connectivity index (χ0n) is 11.3. The molecule has 6 nitrogen and oxygen atoms in total. The molecule has 0 aromatic carbocycles. The molecule has 2 aromatic rings. The van der Waals surface area contributed by atoms with E-state index >= 15 is 0 Å². The highest BCUT2D eigenvalue weighted by Gasteiger charge is 2.14. The van der Waals surface area contributed by atoms with Gasteiger partial charge < -0.3 is 4.74 Å². The van der Waals surface area contributed by atoms with Gasteiger partial charge in [0.05, 0.1) is 18.1 Å². The lowest BCUT2D eigenvalue weighted by Gasteiger charge is -2.00. The monoisotopic (exact) mass is 294 g/mol. The van der Waals surface area contributed by atoms with Gasteiger partial charge in [0.2, 0.25) is 0 Å². The summed E-state index contributed by atoms with van der Waals surface area (Å²) in [5, 5.41) is 4.77. The Hall–Kier alpha value is -1.95. The molecule has 0 bridgehead atoms. The lowest BCUT2D eigenvalue weighted by Crippen LogP contribution is -2.06. The maximum atomic E-state index is 11.3. The highest BCUT2D eigenvalue weighted by Crippen LogP contribution is 2.23. The molecular formula is C13H15ClN4O2. The van der Waals surface area contributed by atoms with Crippen molar-refractivity contribution in [2.24, 2.45) is 7.05 Å². The third kappa shape index (κ3) is 3.33. The lowest BCUT2D eigenvalue weighted by atomic mass is 10.3. The molecule has 106 valence electrons. The quantitative estimate of drug-likeness (QED) is 0.789. The largest absolute Gasteiger partial charge is 0.466 e. The van der Waals surface area contributed by atoms with E-state index in [0.29, 0.717) is 35.4 Å². The van der Waals surface area contributed by atoms with E-state index in [4.69, 9.17) is 16.3 Å². The molecule has 0 fully saturated rings. The number of aryl methyl sites for hydroxylation is 2. The van der Waals surface area contributed by atoms with E-state index in [0.717, 1.165) is 0 Å². The predicted molar refractivity (Wildman–Crippen MR) is 74.2 cm³/mol. The lowest BCUT2D eigenvalue weighted by molar-refractivity contribution is -0.143. The molecular weight excluding hydrogens is 280 g/mol. The van der Waals surface area contributed by atoms with E-state index in [1.807, 2.05) is 0 Å². The van der Waals surface area contributed by atoms with Crippen LogP contribution in [-0.2, 0) is 23.0 Å². The van der Waals surface area contributed by atoms with E-state index in [1.54, 1.807) is 37.0 Å². The van der Waals surface area contributed by atoms with Crippen molar-refractivity contribution in [3.8, 4) is 11.5 Å². The van der Waals surface area contributed by atoms with Gasteiger partial charge in [-0.3, -0.25) is 9.78 Å². The molecule has 20 heavy (non-hydrogen) atoms. The van der Waals surface area contributed by atoms with Crippen molar-refractivity contribution in [1.29, 1.82) is 0 Å². The Bertz CT molecular complexity index is 612. The molecule has 0 saturated carbocycles. The second-order valence-corrected chi connectivity index (χ2v) is 4.52. The van der Waals surface area contributed by atoms with Crippen LogP contribution in [-0.4, -0.2) is 32.3 Å². The Morgan fingerprint density at radius 2 is 2.30 bits per heavy atom. The number of hydrogen-bond donors (Lipinski definition) is 0. The summed E-state index contributed by atoms with van der Waals surface area (Å²) >= 11 is 6.09. The average Bonchev–Trinajstić information content (AvgIpc) is 2.79. The first-order valence-electron chi connectivity index (χ1n) is 6.28. The molecule has 0 saturated heterocycles. The number of pyridine rings is 1. The summed E-state index contributed by atoms with van der Waals surface area (Å²) in [5.74, 6) is 0.893. The molecule has 0 aliphatic heterocycles. The Balaban J connectivity index is 2.14. The van der Waals surface area contributed by atoms with Crippen LogP contribution in [0.3, 0.4) is 0 Å². The van der Waals surface area contributed by atoms with Gasteiger partial charge >= 0.3 is 5.97 Å². The summed E-state index contributed by atoms with van der Waals surface area (Å²) in [6, 6.07) is 3.50. The Morgan fingerprint density at radius 1 is 1.50 bits per heavy atom. The number of halogens is 1. The molecule has 0 N–H and O–H groups in total. The van der Waals surface area contributed by atoms with Crippen molar-refractivity contribution < 1.29 is 9.53 Å². The molecule has 0 aliphatic carbocycles. The van der Waals surface area contributed by atoms with Crippen LogP contribution < -0.4 is 0 Å². The number of ether oxygens (including phenoxy) is 1. The summed E-state index contributed by atoms with van der Waals surface area (Å²) in [5.41, 5.74) is 0.576. The van der Waals surface area contributed by atoms with Gasteiger partial charge in [-0.05, 0) is 19.1 Å². The molecule has 0 unspecified atom stereocenters. The van der Waals surface area contributed by atoms with Gasteiger partial charge in [-0.25, -0.2) is 9.67 Å². The van der Waals surface area contributed by atoms with Crippen molar-refractivity contribution in [2.45, 2.75) is 19.8 Å². The third-order valence-electron chi connectivity index (χ3n) is 2.64. The Labute approximate surface area is 121 Å². The molecule has 2 heterocycles. The van der Waals surface area contributed by atoms with Crippen LogP contribution in [0.1, 0.15) is 19.2 Å². The van der Waals surface area contributed by atoms with Gasteiger partial charge in [0.25, 0.3) is 0 Å². The number of carbonyl (C=O) groups excluding carboxylic acids is 1. The molecule has 0 amide bonds. The summed E-state index contributed by atoms with van der Waals surface area (Å²) in [6.45, 7) is 2.15. The summed E-state index contributed by atoms with van der Waals surface area (Å²) in [4.78, 5) is 19.9. The van der Waals surface area contributed by atoms with Crippen molar-refractivity contribution in [3.05, 3.63) is 29.2 Å². The highest BCUT2D eigenvalue weighted by atomic mass is 35.5. The minimum Gasteiger partial charge on any atom is -0.466 e. The summed E-state index contributed by atoms with van der Waals surface area (Å²) in [7, 11) is 1.77. The van der Waals surface area contributed by atoms with Gasteiger partial charge in [-0.15, -0.1) is 0 Å². The first-order valence-corrected chi connectivity index (χ1v) is 6.66. The molecule has 0 atom stereocenters. The topological polar surface area (TPSA) is 69.9 Å². The number of carbonyl (C=O) groups is 1. The maximum Gasteiger partial charge on any atom is 0.306 e. The third-order valence-corrected chi connectivity index (χ3v) is 2.94. The van der Waals surface area contributed by atoms with Crippen LogP contribution >= 0.6 is 11.6 Å². The van der Waals surface area contributed by atoms with Gasteiger partial charge in [-0.2, -0.15) is 5.10 Å². The molecule has 2 aromatic heterocycles. The number of aromatic nitrogens is 4. The van der Waals surface area contributed by atoms with Crippen LogP contribution in [0.5, 0.6) is 0 Å². The summed E-state index contributed by atoms with van der Waals surface area (Å²) < 4.78 is 6.48. The van der Waals surface area contributed by atoms with Crippen molar-refractivity contribution in [1.82, 2.24) is 19.7 Å². The second kappa shape index (κ2) is 6.47. The number of nitrogens with zero attached hydrogens (tertiary/aromatic N) is 4. The number of esters is 1. The predicted octanol–water partition coefficient (Wildman–Crippen LogP) is 2.03. The zero-order chi connectivity index (χ0) is 14.5. The Kier molecular flexibility index (Phi) is 4.68. The zero-order valence-corrected chi connectivity index (χ0v) is 12.1. The van der Waals surface area contributed by atoms with E-state index in [2.05, 4.69) is 15.1 Å². The van der Waals surface area contributed by atoms with Crippen molar-refractivity contribution in [2.75, 3.05) is 6.61 Å². The standard InChI is InChI=1S/C13H15ClN4O2/c1-3-20-11(19)7-6-10-16-13(18(2)17-10)12-9(14)5-4-8-15-12/h4-5,8H,3,6-7H2,1-2H3. The first kappa shape index (κ1) is 14.5. The van der Waals surface area contributed by atoms with Gasteiger partial charge in [0, 0.05) is 19.7 Å². The molecule has 2 rings (SSSR count). The van der Waals surface area contributed by atoms with E-state index in [1.165, 1.54) is 0 Å². The average molecular weight is 295 g/mol. The molecule has 0 spiro atoms. The van der Waals surface area contributed by atoms with E-state index < -0.39 is 0 Å². The van der Waals surface area contributed by atoms with Gasteiger partial charge in [-0.1, -0.05) is 11.6 Å². The minimum absolute atomic E-state index is 0.252. The smallest absolute Gasteiger partial charge is 0.306 e. The molecule has 0 aliphatic rings. The number of rotatable bonds is 5. The van der Waals surface area contributed by atoms with Crippen LogP contribution in [0.4, 0.5) is 0 Å². The van der Waals surface area contributed by atoms with Gasteiger partial charge in [0.1, 0.15) is 5.69 Å². The highest BCUT2D eigenvalue weighted by molar-refractivity contribution is 6.32. The van der Waals surface area contributed by atoms with E-state index in [9.17, 15) is 4.79 Å². The fourth-order valence-corrected chi connectivity index (χ4v) is 1.95. The fourth-order valence-electron chi connectivity index (χ4n) is 1.75. The minimum atomic E-state index is -0.252. The SMILES string of the molecule is CCOC(=O)CCc1nc(-c2ncccc2Cl)n(C)n1. The fraction of sp³-hybridized carbons (Fsp3) is 0.385. The molecule has 0 radical (unpaired) electrons. The van der Waals surface area contributed by atoms with Crippen LogP contribution in [0.25, 0.3) is 11.5 Å². The van der Waals surface area contributed by atoms with Crippen LogP contribution in [0.15, 0.2) is 18.3 Å². The normalized spacial score (nSPS) is 10.6. The first-order chi connectivity index (χ1) is 9.61. The second-order valence-electron chi connectivity index (χ2n) is 4.11. The van der Waals surface area contributed by atoms with Gasteiger partial charge in [0.15, 0.2) is 11.6 Å². The van der Waals surface area contributed by atoms with Crippen molar-refractivity contribution in [3.63, 3.8) is 0 Å². The van der Waals surface area contributed by atoms with Crippen LogP contribution in [0, 0.1) is 0 Å². The van der Waals surface area contributed by atoms with Crippen molar-refractivity contribution >= 4 is 17.6 Å². The van der Waals surface area contributed by atoms with Crippen LogP contribution in [0.2, 0.25) is 5.02 Å². The number of hydrogen-bond acceptors (Lipinski definition) is 5. The maximum absolute atomic E-state index is 11.3. The summed E-state index contributed by atoms with van der Waals surface area (Å²) in [6.07, 6.45) is 2.33.